The van der Waals surface area contributed by atoms with Gasteiger partial charge in [0.05, 0.1) is 11.5 Å². The Bertz CT molecular complexity index is 1040. The summed E-state index contributed by atoms with van der Waals surface area (Å²) in [4.78, 5) is 14.4. The number of aliphatic hydroxyl groups is 1. The third kappa shape index (κ3) is 4.10. The Morgan fingerprint density at radius 1 is 1.19 bits per heavy atom. The average molecular weight is 526 g/mol. The van der Waals surface area contributed by atoms with Gasteiger partial charge in [0.2, 0.25) is 0 Å². The van der Waals surface area contributed by atoms with Crippen molar-refractivity contribution in [3.63, 3.8) is 0 Å². The maximum absolute atomic E-state index is 10.0. The SMILES string of the molecule is CC(=O)/C=C(/C)O.[Ir].[c-]1coc2c1c1ncccc1n2-c1ccccc1. The number of ketones is 1. The number of hydrogen-bond acceptors (Lipinski definition) is 4. The summed E-state index contributed by atoms with van der Waals surface area (Å²) in [5, 5.41) is 9.29. The van der Waals surface area contributed by atoms with Crippen LogP contribution in [-0.4, -0.2) is 20.4 Å². The molecular formula is C20H17IrN2O3-. The molecule has 26 heavy (non-hydrogen) atoms. The van der Waals surface area contributed by atoms with E-state index in [-0.39, 0.29) is 31.6 Å². The van der Waals surface area contributed by atoms with Gasteiger partial charge in [-0.05, 0) is 43.6 Å². The van der Waals surface area contributed by atoms with Crippen LogP contribution < -0.4 is 0 Å². The van der Waals surface area contributed by atoms with E-state index in [9.17, 15) is 4.79 Å². The van der Waals surface area contributed by atoms with Gasteiger partial charge in [-0.25, -0.2) is 0 Å². The van der Waals surface area contributed by atoms with E-state index in [1.807, 2.05) is 30.3 Å². The number of allylic oxidation sites excluding steroid dienone is 2. The molecule has 3 heterocycles. The van der Waals surface area contributed by atoms with Crippen molar-refractivity contribution in [3.05, 3.63) is 72.8 Å². The van der Waals surface area contributed by atoms with E-state index >= 15 is 0 Å². The van der Waals surface area contributed by atoms with Crippen molar-refractivity contribution in [1.82, 2.24) is 9.55 Å². The minimum Gasteiger partial charge on any atom is -0.519 e. The molecule has 0 aliphatic heterocycles. The first-order valence-electron chi connectivity index (χ1n) is 7.75. The number of fused-ring (bicyclic) bond motifs is 3. The summed E-state index contributed by atoms with van der Waals surface area (Å²) in [5.41, 5.74) is 3.81. The summed E-state index contributed by atoms with van der Waals surface area (Å²) >= 11 is 0. The number of para-hydroxylation sites is 1. The second-order valence-electron chi connectivity index (χ2n) is 5.50. The number of nitrogens with zero attached hydrogens (tertiary/aromatic N) is 2. The third-order valence-electron chi connectivity index (χ3n) is 3.48. The van der Waals surface area contributed by atoms with Crippen LogP contribution in [0.25, 0.3) is 27.8 Å². The molecule has 6 heteroatoms. The van der Waals surface area contributed by atoms with Gasteiger partial charge in [-0.2, -0.15) is 0 Å². The molecule has 0 saturated carbocycles. The molecule has 0 aliphatic carbocycles. The summed E-state index contributed by atoms with van der Waals surface area (Å²) in [7, 11) is 0. The normalized spacial score (nSPS) is 10.9. The molecule has 1 N–H and O–H groups in total. The number of pyridine rings is 1. The number of aromatic nitrogens is 2. The molecule has 0 unspecified atom stereocenters. The van der Waals surface area contributed by atoms with E-state index in [0.29, 0.717) is 0 Å². The molecule has 3 aromatic heterocycles. The summed E-state index contributed by atoms with van der Waals surface area (Å²) < 4.78 is 7.62. The second-order valence-corrected chi connectivity index (χ2v) is 5.50. The van der Waals surface area contributed by atoms with Gasteiger partial charge in [-0.15, -0.1) is 11.5 Å². The van der Waals surface area contributed by atoms with Gasteiger partial charge in [0, 0.05) is 49.8 Å². The van der Waals surface area contributed by atoms with Crippen molar-refractivity contribution in [2.24, 2.45) is 0 Å². The smallest absolute Gasteiger partial charge is 0.155 e. The summed E-state index contributed by atoms with van der Waals surface area (Å²) in [5.74, 6) is -0.0625. The molecule has 0 bridgehead atoms. The summed E-state index contributed by atoms with van der Waals surface area (Å²) in [6.45, 7) is 2.85. The molecule has 0 aliphatic rings. The zero-order valence-electron chi connectivity index (χ0n) is 14.3. The standard InChI is InChI=1S/C15H9N2O.C5H8O2.Ir/c1-2-5-11(6-3-1)17-13-7-4-9-16-14(13)12-8-10-18-15(12)17;1-4(6)3-5(2)7;/h1-7,9-10H;3,6H,1-2H3;/q-1;;/b;4-3-;. The predicted octanol–water partition coefficient (Wildman–Crippen LogP) is 4.61. The van der Waals surface area contributed by atoms with E-state index in [1.54, 1.807) is 12.5 Å². The summed E-state index contributed by atoms with van der Waals surface area (Å²) in [6, 6.07) is 17.2. The van der Waals surface area contributed by atoms with Crippen LogP contribution in [0.2, 0.25) is 0 Å². The van der Waals surface area contributed by atoms with E-state index in [4.69, 9.17) is 9.52 Å². The van der Waals surface area contributed by atoms with Gasteiger partial charge in [-0.3, -0.25) is 4.79 Å². The molecule has 0 saturated heterocycles. The molecule has 135 valence electrons. The molecule has 5 nitrogen and oxygen atoms in total. The first-order chi connectivity index (χ1) is 12.1. The fourth-order valence-corrected chi connectivity index (χ4v) is 2.61. The van der Waals surface area contributed by atoms with Crippen molar-refractivity contribution >= 4 is 27.9 Å². The van der Waals surface area contributed by atoms with Crippen molar-refractivity contribution in [2.75, 3.05) is 0 Å². The quantitative estimate of drug-likeness (QED) is 0.236. The number of hydrogen-bond donors (Lipinski definition) is 1. The van der Waals surface area contributed by atoms with Crippen molar-refractivity contribution in [3.8, 4) is 5.69 Å². The largest absolute Gasteiger partial charge is 0.519 e. The minimum atomic E-state index is -0.125. The molecule has 4 rings (SSSR count). The van der Waals surface area contributed by atoms with Gasteiger partial charge in [0.15, 0.2) is 5.78 Å². The monoisotopic (exact) mass is 526 g/mol. The number of carbonyl (C=O) groups excluding carboxylic acids is 1. The van der Waals surface area contributed by atoms with E-state index in [2.05, 4.69) is 27.8 Å². The maximum Gasteiger partial charge on any atom is 0.155 e. The molecule has 0 fully saturated rings. The van der Waals surface area contributed by atoms with Crippen LogP contribution in [0.4, 0.5) is 0 Å². The van der Waals surface area contributed by atoms with Crippen LogP contribution >= 0.6 is 0 Å². The van der Waals surface area contributed by atoms with Gasteiger partial charge in [-0.1, -0.05) is 18.2 Å². The Hall–Kier alpha value is -2.69. The number of benzene rings is 1. The fourth-order valence-electron chi connectivity index (χ4n) is 2.61. The van der Waals surface area contributed by atoms with Crippen LogP contribution in [0.1, 0.15) is 13.8 Å². The molecule has 0 amide bonds. The second kappa shape index (κ2) is 8.61. The number of furan rings is 1. The Balaban J connectivity index is 0.000000265. The molecule has 0 atom stereocenters. The number of carbonyl (C=O) groups is 1. The Morgan fingerprint density at radius 2 is 1.92 bits per heavy atom. The maximum atomic E-state index is 10.0. The van der Waals surface area contributed by atoms with Crippen molar-refractivity contribution < 1.29 is 34.4 Å². The molecule has 0 spiro atoms. The molecule has 4 aromatic rings. The van der Waals surface area contributed by atoms with Crippen LogP contribution in [0.3, 0.4) is 0 Å². The first kappa shape index (κ1) is 19.6. The van der Waals surface area contributed by atoms with Gasteiger partial charge >= 0.3 is 0 Å². The van der Waals surface area contributed by atoms with E-state index < -0.39 is 0 Å². The fraction of sp³-hybridized carbons (Fsp3) is 0.100. The van der Waals surface area contributed by atoms with Crippen molar-refractivity contribution in [2.45, 2.75) is 13.8 Å². The average Bonchev–Trinajstić information content (AvgIpc) is 3.15. The predicted molar refractivity (Wildman–Crippen MR) is 96.7 cm³/mol. The molecular weight excluding hydrogens is 508 g/mol. The van der Waals surface area contributed by atoms with Crippen LogP contribution in [0, 0.1) is 6.07 Å². The Kier molecular flexibility index (Phi) is 6.50. The summed E-state index contributed by atoms with van der Waals surface area (Å²) in [6.07, 6.45) is 4.54. The van der Waals surface area contributed by atoms with Gasteiger partial charge in [0.1, 0.15) is 0 Å². The Morgan fingerprint density at radius 3 is 2.54 bits per heavy atom. The number of aliphatic hydroxyl groups excluding tert-OH is 1. The first-order valence-corrected chi connectivity index (χ1v) is 7.75. The van der Waals surface area contributed by atoms with E-state index in [0.717, 1.165) is 27.8 Å². The zero-order valence-corrected chi connectivity index (χ0v) is 16.7. The number of rotatable bonds is 2. The Labute approximate surface area is 164 Å². The van der Waals surface area contributed by atoms with Gasteiger partial charge < -0.3 is 19.1 Å². The van der Waals surface area contributed by atoms with Crippen LogP contribution in [0.5, 0.6) is 0 Å². The van der Waals surface area contributed by atoms with Gasteiger partial charge in [0.25, 0.3) is 0 Å². The minimum absolute atomic E-state index is 0. The molecule has 1 radical (unpaired) electrons. The topological polar surface area (TPSA) is 68.3 Å². The van der Waals surface area contributed by atoms with E-state index in [1.165, 1.54) is 19.9 Å². The third-order valence-corrected chi connectivity index (χ3v) is 3.48. The van der Waals surface area contributed by atoms with Crippen LogP contribution in [-0.2, 0) is 24.9 Å². The molecule has 1 aromatic carbocycles. The van der Waals surface area contributed by atoms with Crippen molar-refractivity contribution in [1.29, 1.82) is 0 Å². The zero-order chi connectivity index (χ0) is 17.8. The van der Waals surface area contributed by atoms with Crippen LogP contribution in [0.15, 0.2) is 71.2 Å².